The molecule has 0 bridgehead atoms. The molecular weight excluding hydrogens is 366 g/mol. The van der Waals surface area contributed by atoms with Crippen LogP contribution >= 0.6 is 11.6 Å². The molecule has 1 heterocycles. The minimum absolute atomic E-state index is 0.0374. The maximum atomic E-state index is 12.3. The van der Waals surface area contributed by atoms with Gasteiger partial charge in [0.05, 0.1) is 18.0 Å². The second-order valence-corrected chi connectivity index (χ2v) is 7.37. The minimum atomic E-state index is -3.81. The summed E-state index contributed by atoms with van der Waals surface area (Å²) in [4.78, 5) is 16.1. The molecule has 0 radical (unpaired) electrons. The number of nitrogens with zero attached hydrogens (tertiary/aromatic N) is 1. The first-order chi connectivity index (χ1) is 11.8. The molecule has 2 rings (SSSR count). The predicted molar refractivity (Wildman–Crippen MR) is 93.9 cm³/mol. The van der Waals surface area contributed by atoms with Crippen molar-refractivity contribution < 1.29 is 17.9 Å². The van der Waals surface area contributed by atoms with Crippen molar-refractivity contribution >= 4 is 27.5 Å². The number of ether oxygens (including phenoxy) is 1. The average molecular weight is 384 g/mol. The fourth-order valence-corrected chi connectivity index (χ4v) is 3.31. The van der Waals surface area contributed by atoms with E-state index in [0.29, 0.717) is 10.9 Å². The van der Waals surface area contributed by atoms with Crippen LogP contribution in [0.1, 0.15) is 12.5 Å². The van der Waals surface area contributed by atoms with Crippen molar-refractivity contribution in [2.75, 3.05) is 7.11 Å². The first-order valence-corrected chi connectivity index (χ1v) is 9.22. The number of benzene rings is 1. The number of amides is 1. The van der Waals surface area contributed by atoms with Gasteiger partial charge in [-0.15, -0.1) is 0 Å². The number of sulfonamides is 1. The highest BCUT2D eigenvalue weighted by atomic mass is 35.5. The second kappa shape index (κ2) is 8.28. The fraction of sp³-hybridized carbons (Fsp3) is 0.250. The van der Waals surface area contributed by atoms with Gasteiger partial charge in [-0.2, -0.15) is 4.72 Å². The Morgan fingerprint density at radius 3 is 2.60 bits per heavy atom. The van der Waals surface area contributed by atoms with E-state index in [2.05, 4.69) is 15.0 Å². The van der Waals surface area contributed by atoms with E-state index in [4.69, 9.17) is 16.3 Å². The van der Waals surface area contributed by atoms with Crippen LogP contribution < -0.4 is 14.8 Å². The third-order valence-electron chi connectivity index (χ3n) is 3.32. The number of hydrogen-bond donors (Lipinski definition) is 2. The number of rotatable bonds is 7. The highest BCUT2D eigenvalue weighted by Gasteiger charge is 2.21. The van der Waals surface area contributed by atoms with E-state index in [0.717, 1.165) is 5.56 Å². The lowest BCUT2D eigenvalue weighted by atomic mass is 10.2. The number of carbonyl (C=O) groups is 1. The SMILES string of the molecule is COc1cc(CNC(=O)[C@H](C)NS(=O)(=O)c2ccc(Cl)cc2)ccn1. The van der Waals surface area contributed by atoms with Gasteiger partial charge in [0, 0.05) is 23.8 Å². The van der Waals surface area contributed by atoms with Crippen molar-refractivity contribution in [3.63, 3.8) is 0 Å². The summed E-state index contributed by atoms with van der Waals surface area (Å²) in [6.07, 6.45) is 1.56. The summed E-state index contributed by atoms with van der Waals surface area (Å²) in [5.74, 6) is -0.0171. The summed E-state index contributed by atoms with van der Waals surface area (Å²) < 4.78 is 31.9. The number of pyridine rings is 1. The summed E-state index contributed by atoms with van der Waals surface area (Å²) in [5.41, 5.74) is 0.785. The largest absolute Gasteiger partial charge is 0.481 e. The number of methoxy groups -OCH3 is 1. The molecule has 0 aliphatic carbocycles. The number of carbonyl (C=O) groups excluding carboxylic acids is 1. The number of aromatic nitrogens is 1. The Bertz CT molecular complexity index is 841. The maximum absolute atomic E-state index is 12.3. The van der Waals surface area contributed by atoms with Gasteiger partial charge in [0.15, 0.2) is 0 Å². The molecular formula is C16H18ClN3O4S. The molecule has 1 amide bonds. The smallest absolute Gasteiger partial charge is 0.241 e. The van der Waals surface area contributed by atoms with Gasteiger partial charge in [0.1, 0.15) is 0 Å². The first kappa shape index (κ1) is 19.2. The van der Waals surface area contributed by atoms with Crippen LogP contribution in [0.2, 0.25) is 5.02 Å². The fourth-order valence-electron chi connectivity index (χ4n) is 1.98. The predicted octanol–water partition coefficient (Wildman–Crippen LogP) is 1.73. The lowest BCUT2D eigenvalue weighted by Gasteiger charge is -2.14. The lowest BCUT2D eigenvalue weighted by Crippen LogP contribution is -2.44. The van der Waals surface area contributed by atoms with Gasteiger partial charge in [-0.05, 0) is 42.8 Å². The second-order valence-electron chi connectivity index (χ2n) is 5.22. The van der Waals surface area contributed by atoms with Crippen LogP contribution in [0.25, 0.3) is 0 Å². The Morgan fingerprint density at radius 2 is 1.96 bits per heavy atom. The molecule has 0 aliphatic rings. The van der Waals surface area contributed by atoms with Crippen molar-refractivity contribution in [3.8, 4) is 5.88 Å². The molecule has 1 aromatic heterocycles. The van der Waals surface area contributed by atoms with E-state index >= 15 is 0 Å². The number of nitrogens with one attached hydrogen (secondary N) is 2. The zero-order valence-electron chi connectivity index (χ0n) is 13.7. The lowest BCUT2D eigenvalue weighted by molar-refractivity contribution is -0.122. The topological polar surface area (TPSA) is 97.4 Å². The van der Waals surface area contributed by atoms with E-state index < -0.39 is 22.0 Å². The van der Waals surface area contributed by atoms with Crippen molar-refractivity contribution in [1.82, 2.24) is 15.0 Å². The van der Waals surface area contributed by atoms with Crippen LogP contribution in [0.15, 0.2) is 47.5 Å². The Hall–Kier alpha value is -2.16. The summed E-state index contributed by atoms with van der Waals surface area (Å²) in [5, 5.41) is 3.09. The Kier molecular flexibility index (Phi) is 6.35. The third-order valence-corrected chi connectivity index (χ3v) is 5.13. The molecule has 0 unspecified atom stereocenters. The van der Waals surface area contributed by atoms with Crippen LogP contribution in [0.3, 0.4) is 0 Å². The van der Waals surface area contributed by atoms with Crippen LogP contribution in [-0.4, -0.2) is 32.5 Å². The first-order valence-electron chi connectivity index (χ1n) is 7.36. The van der Waals surface area contributed by atoms with Crippen molar-refractivity contribution in [2.24, 2.45) is 0 Å². The molecule has 2 aromatic rings. The normalized spacial score (nSPS) is 12.4. The Labute approximate surface area is 151 Å². The van der Waals surface area contributed by atoms with Crippen molar-refractivity contribution in [1.29, 1.82) is 0 Å². The minimum Gasteiger partial charge on any atom is -0.481 e. The van der Waals surface area contributed by atoms with Gasteiger partial charge in [0.25, 0.3) is 0 Å². The van der Waals surface area contributed by atoms with E-state index in [1.165, 1.54) is 38.3 Å². The zero-order valence-corrected chi connectivity index (χ0v) is 15.3. The molecule has 1 atom stereocenters. The maximum Gasteiger partial charge on any atom is 0.241 e. The standard InChI is InChI=1S/C16H18ClN3O4S/c1-11(20-25(22,23)14-5-3-13(17)4-6-14)16(21)19-10-12-7-8-18-15(9-12)24-2/h3-9,11,20H,10H2,1-2H3,(H,19,21)/t11-/m0/s1. The summed E-state index contributed by atoms with van der Waals surface area (Å²) in [7, 11) is -2.32. The Morgan fingerprint density at radius 1 is 1.28 bits per heavy atom. The van der Waals surface area contributed by atoms with Crippen molar-refractivity contribution in [3.05, 3.63) is 53.2 Å². The summed E-state index contributed by atoms with van der Waals surface area (Å²) >= 11 is 5.75. The molecule has 1 aromatic carbocycles. The van der Waals surface area contributed by atoms with Gasteiger partial charge in [-0.25, -0.2) is 13.4 Å². The average Bonchev–Trinajstić information content (AvgIpc) is 2.59. The molecule has 0 saturated carbocycles. The molecule has 134 valence electrons. The summed E-state index contributed by atoms with van der Waals surface area (Å²) in [6.45, 7) is 1.70. The molecule has 0 saturated heterocycles. The molecule has 25 heavy (non-hydrogen) atoms. The number of halogens is 1. The van der Waals surface area contributed by atoms with E-state index in [1.54, 1.807) is 18.3 Å². The van der Waals surface area contributed by atoms with Gasteiger partial charge in [-0.3, -0.25) is 4.79 Å². The quantitative estimate of drug-likeness (QED) is 0.758. The van der Waals surface area contributed by atoms with E-state index in [9.17, 15) is 13.2 Å². The number of hydrogen-bond acceptors (Lipinski definition) is 5. The molecule has 0 aliphatic heterocycles. The van der Waals surface area contributed by atoms with Crippen LogP contribution in [0, 0.1) is 0 Å². The molecule has 0 spiro atoms. The van der Waals surface area contributed by atoms with Gasteiger partial charge in [-0.1, -0.05) is 11.6 Å². The molecule has 7 nitrogen and oxygen atoms in total. The Balaban J connectivity index is 1.96. The van der Waals surface area contributed by atoms with Gasteiger partial charge in [0.2, 0.25) is 21.8 Å². The van der Waals surface area contributed by atoms with E-state index in [-0.39, 0.29) is 11.4 Å². The van der Waals surface area contributed by atoms with Crippen LogP contribution in [0.4, 0.5) is 0 Å². The molecule has 0 fully saturated rings. The van der Waals surface area contributed by atoms with Crippen molar-refractivity contribution in [2.45, 2.75) is 24.4 Å². The van der Waals surface area contributed by atoms with Crippen LogP contribution in [-0.2, 0) is 21.4 Å². The zero-order chi connectivity index (χ0) is 18.4. The molecule has 9 heteroatoms. The van der Waals surface area contributed by atoms with E-state index in [1.807, 2.05) is 0 Å². The van der Waals surface area contributed by atoms with Gasteiger partial charge >= 0.3 is 0 Å². The molecule has 2 N–H and O–H groups in total. The monoisotopic (exact) mass is 383 g/mol. The van der Waals surface area contributed by atoms with Crippen LogP contribution in [0.5, 0.6) is 5.88 Å². The van der Waals surface area contributed by atoms with Gasteiger partial charge < -0.3 is 10.1 Å². The third kappa shape index (κ3) is 5.42. The highest BCUT2D eigenvalue weighted by molar-refractivity contribution is 7.89. The summed E-state index contributed by atoms with van der Waals surface area (Å²) in [6, 6.07) is 8.16. The highest BCUT2D eigenvalue weighted by Crippen LogP contribution is 2.14.